The van der Waals surface area contributed by atoms with E-state index >= 15 is 0 Å². The van der Waals surface area contributed by atoms with E-state index in [-0.39, 0.29) is 27.3 Å². The first-order valence-corrected chi connectivity index (χ1v) is 11.6. The Morgan fingerprint density at radius 3 is 2.33 bits per heavy atom. The Labute approximate surface area is 177 Å². The molecule has 2 N–H and O–H groups in total. The minimum Gasteiger partial charge on any atom is -0.273 e. The van der Waals surface area contributed by atoms with Crippen LogP contribution in [0.5, 0.6) is 0 Å². The number of nitrogens with one attached hydrogen (secondary N) is 2. The van der Waals surface area contributed by atoms with Crippen LogP contribution in [0.2, 0.25) is 5.02 Å². The third-order valence-electron chi connectivity index (χ3n) is 6.17. The summed E-state index contributed by atoms with van der Waals surface area (Å²) in [6.07, 6.45) is 7.75. The van der Waals surface area contributed by atoms with Gasteiger partial charge < -0.3 is 0 Å². The fourth-order valence-corrected chi connectivity index (χ4v) is 8.12. The second-order valence-corrected chi connectivity index (χ2v) is 11.8. The van der Waals surface area contributed by atoms with Crippen molar-refractivity contribution in [1.29, 1.82) is 0 Å². The first-order chi connectivity index (χ1) is 12.8. The van der Waals surface area contributed by atoms with Crippen molar-refractivity contribution in [1.82, 2.24) is 10.9 Å². The Balaban J connectivity index is 1.24. The van der Waals surface area contributed by atoms with Crippen molar-refractivity contribution in [2.24, 2.45) is 17.3 Å². The van der Waals surface area contributed by atoms with Crippen molar-refractivity contribution in [3.8, 4) is 0 Å². The van der Waals surface area contributed by atoms with Gasteiger partial charge in [0.15, 0.2) is 0 Å². The highest BCUT2D eigenvalue weighted by Crippen LogP contribution is 2.65. The Hall–Kier alpha value is -0.720. The second kappa shape index (κ2) is 7.60. The van der Waals surface area contributed by atoms with E-state index in [1.54, 1.807) is 12.1 Å². The average molecular weight is 472 g/mol. The quantitative estimate of drug-likeness (QED) is 0.372. The van der Waals surface area contributed by atoms with Crippen LogP contribution in [-0.2, 0) is 9.59 Å². The number of alkyl halides is 1. The van der Waals surface area contributed by atoms with Crippen molar-refractivity contribution < 1.29 is 9.59 Å². The topological polar surface area (TPSA) is 58.2 Å². The van der Waals surface area contributed by atoms with Crippen molar-refractivity contribution in [2.45, 2.75) is 54.2 Å². The standard InChI is InChI=1S/C20H24BrClN2O2S/c21-20-8-13-5-14(9-20)7-19(6-13,12-20)10-17(25)23-24-18(26)11-27-16-3-1-15(22)2-4-16/h1-4,13-14H,5-12H2,(H,23,25)(H,24,26). The Kier molecular flexibility index (Phi) is 5.51. The summed E-state index contributed by atoms with van der Waals surface area (Å²) in [5, 5.41) is 0.672. The monoisotopic (exact) mass is 470 g/mol. The van der Waals surface area contributed by atoms with Gasteiger partial charge in [0.1, 0.15) is 0 Å². The molecule has 0 heterocycles. The van der Waals surface area contributed by atoms with Crippen molar-refractivity contribution >= 4 is 51.1 Å². The van der Waals surface area contributed by atoms with Gasteiger partial charge in [0.25, 0.3) is 0 Å². The molecule has 2 atom stereocenters. The van der Waals surface area contributed by atoms with Gasteiger partial charge in [0.2, 0.25) is 11.8 Å². The van der Waals surface area contributed by atoms with Gasteiger partial charge in [-0.2, -0.15) is 0 Å². The Morgan fingerprint density at radius 2 is 1.70 bits per heavy atom. The van der Waals surface area contributed by atoms with Crippen molar-refractivity contribution in [3.05, 3.63) is 29.3 Å². The van der Waals surface area contributed by atoms with E-state index < -0.39 is 0 Å². The molecule has 4 nitrogen and oxygen atoms in total. The van der Waals surface area contributed by atoms with Gasteiger partial charge >= 0.3 is 0 Å². The summed E-state index contributed by atoms with van der Waals surface area (Å²) in [5.74, 6) is 1.48. The molecule has 4 fully saturated rings. The van der Waals surface area contributed by atoms with E-state index in [1.165, 1.54) is 31.0 Å². The number of amides is 2. The molecule has 2 unspecified atom stereocenters. The van der Waals surface area contributed by atoms with E-state index in [2.05, 4.69) is 26.8 Å². The van der Waals surface area contributed by atoms with Crippen LogP contribution in [0.1, 0.15) is 44.9 Å². The Bertz CT molecular complexity index is 728. The highest BCUT2D eigenvalue weighted by Gasteiger charge is 2.57. The van der Waals surface area contributed by atoms with Gasteiger partial charge in [0.05, 0.1) is 5.75 Å². The molecule has 0 radical (unpaired) electrons. The van der Waals surface area contributed by atoms with Crippen LogP contribution in [0.15, 0.2) is 29.2 Å². The number of benzene rings is 1. The minimum atomic E-state index is -0.203. The predicted octanol–water partition coefficient (Wildman–Crippen LogP) is 4.70. The van der Waals surface area contributed by atoms with Crippen LogP contribution in [0.25, 0.3) is 0 Å². The molecule has 146 valence electrons. The van der Waals surface area contributed by atoms with Gasteiger partial charge in [-0.05, 0) is 80.0 Å². The lowest BCUT2D eigenvalue weighted by Crippen LogP contribution is -2.54. The normalized spacial score (nSPS) is 33.7. The SMILES string of the molecule is O=C(CSc1ccc(Cl)cc1)NNC(=O)CC12CC3CC(CC(Br)(C3)C1)C2. The highest BCUT2D eigenvalue weighted by atomic mass is 79.9. The fraction of sp³-hybridized carbons (Fsp3) is 0.600. The second-order valence-electron chi connectivity index (χ2n) is 8.63. The molecule has 7 heteroatoms. The number of thioether (sulfide) groups is 1. The molecule has 5 rings (SSSR count). The van der Waals surface area contributed by atoms with Crippen LogP contribution in [0.4, 0.5) is 0 Å². The summed E-state index contributed by atoms with van der Waals surface area (Å²) >= 11 is 11.3. The number of hydrazine groups is 1. The lowest BCUT2D eigenvalue weighted by molar-refractivity contribution is -0.132. The van der Waals surface area contributed by atoms with Gasteiger partial charge in [-0.1, -0.05) is 27.5 Å². The van der Waals surface area contributed by atoms with E-state index in [9.17, 15) is 9.59 Å². The zero-order valence-corrected chi connectivity index (χ0v) is 18.3. The summed E-state index contributed by atoms with van der Waals surface area (Å²) in [6, 6.07) is 7.35. The van der Waals surface area contributed by atoms with E-state index in [0.29, 0.717) is 11.4 Å². The van der Waals surface area contributed by atoms with Crippen molar-refractivity contribution in [2.75, 3.05) is 5.75 Å². The summed E-state index contributed by atoms with van der Waals surface area (Å²) in [6.45, 7) is 0. The minimum absolute atomic E-state index is 0.0714. The van der Waals surface area contributed by atoms with Crippen molar-refractivity contribution in [3.63, 3.8) is 0 Å². The smallest absolute Gasteiger partial charge is 0.248 e. The molecule has 2 amide bonds. The van der Waals surface area contributed by atoms with Crippen LogP contribution < -0.4 is 10.9 Å². The molecule has 4 bridgehead atoms. The molecule has 0 aromatic heterocycles. The van der Waals surface area contributed by atoms with Gasteiger partial charge in [-0.15, -0.1) is 11.8 Å². The van der Waals surface area contributed by atoms with Gasteiger partial charge in [0, 0.05) is 20.7 Å². The van der Waals surface area contributed by atoms with E-state index in [4.69, 9.17) is 11.6 Å². The van der Waals surface area contributed by atoms with Gasteiger partial charge in [-0.25, -0.2) is 0 Å². The van der Waals surface area contributed by atoms with Gasteiger partial charge in [-0.3, -0.25) is 20.4 Å². The first kappa shape index (κ1) is 19.6. The first-order valence-electron chi connectivity index (χ1n) is 9.48. The molecule has 27 heavy (non-hydrogen) atoms. The average Bonchev–Trinajstić information content (AvgIpc) is 2.57. The molecule has 0 spiro atoms. The maximum absolute atomic E-state index is 12.5. The molecular weight excluding hydrogens is 448 g/mol. The van der Waals surface area contributed by atoms with Crippen LogP contribution in [0.3, 0.4) is 0 Å². The zero-order chi connectivity index (χ0) is 19.1. The highest BCUT2D eigenvalue weighted by molar-refractivity contribution is 9.10. The summed E-state index contributed by atoms with van der Waals surface area (Å²) < 4.78 is 0.246. The van der Waals surface area contributed by atoms with Crippen LogP contribution in [-0.4, -0.2) is 21.9 Å². The Morgan fingerprint density at radius 1 is 1.07 bits per heavy atom. The number of rotatable bonds is 5. The third kappa shape index (κ3) is 4.65. The number of halogens is 2. The van der Waals surface area contributed by atoms with E-state index in [1.807, 2.05) is 12.1 Å². The lowest BCUT2D eigenvalue weighted by Gasteiger charge is -2.60. The third-order valence-corrected chi connectivity index (χ3v) is 8.36. The molecule has 1 aromatic carbocycles. The fourth-order valence-electron chi connectivity index (χ4n) is 5.78. The largest absolute Gasteiger partial charge is 0.273 e. The zero-order valence-electron chi connectivity index (χ0n) is 15.1. The molecule has 4 aliphatic carbocycles. The summed E-state index contributed by atoms with van der Waals surface area (Å²) in [5.41, 5.74) is 5.30. The number of carbonyl (C=O) groups excluding carboxylic acids is 2. The molecule has 0 aliphatic heterocycles. The molecular formula is C20H24BrClN2O2S. The number of carbonyl (C=O) groups is 2. The lowest BCUT2D eigenvalue weighted by atomic mass is 9.48. The molecule has 1 aromatic rings. The van der Waals surface area contributed by atoms with Crippen LogP contribution in [0, 0.1) is 17.3 Å². The predicted molar refractivity (Wildman–Crippen MR) is 112 cm³/mol. The van der Waals surface area contributed by atoms with Crippen LogP contribution >= 0.6 is 39.3 Å². The maximum atomic E-state index is 12.5. The maximum Gasteiger partial charge on any atom is 0.248 e. The molecule has 0 saturated heterocycles. The summed E-state index contributed by atoms with van der Waals surface area (Å²) in [7, 11) is 0. The van der Waals surface area contributed by atoms with E-state index in [0.717, 1.165) is 36.0 Å². The summed E-state index contributed by atoms with van der Waals surface area (Å²) in [4.78, 5) is 25.5. The number of hydrogen-bond donors (Lipinski definition) is 2. The molecule has 4 saturated carbocycles. The molecule has 4 aliphatic rings. The number of hydrogen-bond acceptors (Lipinski definition) is 3.